The van der Waals surface area contributed by atoms with Gasteiger partial charge in [0, 0.05) is 12.2 Å². The molecule has 0 aliphatic heterocycles. The molecule has 1 aliphatic rings. The topological polar surface area (TPSA) is 42.2 Å². The average Bonchev–Trinajstić information content (AvgIpc) is 3.08. The van der Waals surface area contributed by atoms with Crippen LogP contribution in [0.5, 0.6) is 0 Å². The summed E-state index contributed by atoms with van der Waals surface area (Å²) in [5.41, 5.74) is 0.915. The minimum absolute atomic E-state index is 0. The Kier molecular flexibility index (Phi) is 3.64. The summed E-state index contributed by atoms with van der Waals surface area (Å²) in [6, 6.07) is 6.55. The molecule has 1 unspecified atom stereocenters. The van der Waals surface area contributed by atoms with Crippen LogP contribution >= 0.6 is 12.4 Å². The van der Waals surface area contributed by atoms with E-state index in [0.29, 0.717) is 6.04 Å². The largest absolute Gasteiger partial charge is 0.307 e. The van der Waals surface area contributed by atoms with Gasteiger partial charge in [-0.3, -0.25) is 4.40 Å². The highest BCUT2D eigenvalue weighted by atomic mass is 35.5. The number of hydrogen-bond acceptors (Lipinski definition) is 3. The summed E-state index contributed by atoms with van der Waals surface area (Å²) in [4.78, 5) is 0. The molecule has 2 aromatic rings. The Morgan fingerprint density at radius 1 is 1.41 bits per heavy atom. The van der Waals surface area contributed by atoms with Crippen molar-refractivity contribution in [3.05, 3.63) is 30.2 Å². The molecule has 2 aromatic heterocycles. The summed E-state index contributed by atoms with van der Waals surface area (Å²) in [6.07, 6.45) is 4.75. The van der Waals surface area contributed by atoms with Gasteiger partial charge >= 0.3 is 0 Å². The maximum atomic E-state index is 4.20. The van der Waals surface area contributed by atoms with Crippen molar-refractivity contribution in [3.8, 4) is 0 Å². The van der Waals surface area contributed by atoms with Crippen molar-refractivity contribution in [2.24, 2.45) is 5.92 Å². The third-order valence-corrected chi connectivity index (χ3v) is 3.30. The van der Waals surface area contributed by atoms with Gasteiger partial charge in [0.1, 0.15) is 0 Å². The van der Waals surface area contributed by atoms with Crippen LogP contribution in [0.15, 0.2) is 24.4 Å². The van der Waals surface area contributed by atoms with Crippen molar-refractivity contribution >= 4 is 18.1 Å². The summed E-state index contributed by atoms with van der Waals surface area (Å²) in [5, 5.41) is 11.8. The molecule has 1 saturated carbocycles. The van der Waals surface area contributed by atoms with E-state index in [2.05, 4.69) is 22.4 Å². The van der Waals surface area contributed by atoms with Crippen LogP contribution in [-0.2, 0) is 6.54 Å². The maximum absolute atomic E-state index is 4.20. The number of rotatable bonds is 4. The third kappa shape index (κ3) is 2.58. The lowest BCUT2D eigenvalue weighted by Crippen LogP contribution is -2.28. The number of hydrogen-bond donors (Lipinski definition) is 1. The lowest BCUT2D eigenvalue weighted by Gasteiger charge is -2.11. The monoisotopic (exact) mass is 252 g/mol. The predicted molar refractivity (Wildman–Crippen MR) is 69.3 cm³/mol. The first-order valence-electron chi connectivity index (χ1n) is 5.86. The SMILES string of the molecule is CC(NCc1nnc2ccccn12)C1CC1.Cl. The zero-order chi connectivity index (χ0) is 11.0. The van der Waals surface area contributed by atoms with E-state index in [0.717, 1.165) is 23.9 Å². The highest BCUT2D eigenvalue weighted by Crippen LogP contribution is 2.32. The average molecular weight is 253 g/mol. The first-order chi connectivity index (χ1) is 7.84. The predicted octanol–water partition coefficient (Wildman–Crippen LogP) is 2.04. The molecule has 0 amide bonds. The summed E-state index contributed by atoms with van der Waals surface area (Å²) < 4.78 is 2.03. The van der Waals surface area contributed by atoms with Crippen LogP contribution in [0.4, 0.5) is 0 Å². The fourth-order valence-corrected chi connectivity index (χ4v) is 2.03. The number of fused-ring (bicyclic) bond motifs is 1. The fraction of sp³-hybridized carbons (Fsp3) is 0.500. The van der Waals surface area contributed by atoms with E-state index in [1.54, 1.807) is 0 Å². The maximum Gasteiger partial charge on any atom is 0.160 e. The summed E-state index contributed by atoms with van der Waals surface area (Å²) in [6.45, 7) is 3.05. The molecular formula is C12H17ClN4. The molecule has 1 atom stereocenters. The molecule has 1 aliphatic carbocycles. The van der Waals surface area contributed by atoms with Crippen molar-refractivity contribution in [2.75, 3.05) is 0 Å². The Balaban J connectivity index is 0.00000108. The van der Waals surface area contributed by atoms with E-state index in [4.69, 9.17) is 0 Å². The lowest BCUT2D eigenvalue weighted by atomic mass is 10.2. The molecule has 3 rings (SSSR count). The minimum atomic E-state index is 0. The third-order valence-electron chi connectivity index (χ3n) is 3.30. The minimum Gasteiger partial charge on any atom is -0.307 e. The molecule has 0 aromatic carbocycles. The smallest absolute Gasteiger partial charge is 0.160 e. The number of nitrogens with one attached hydrogen (secondary N) is 1. The molecule has 1 fully saturated rings. The Morgan fingerprint density at radius 3 is 3.00 bits per heavy atom. The van der Waals surface area contributed by atoms with Crippen LogP contribution < -0.4 is 5.32 Å². The molecule has 0 saturated heterocycles. The van der Waals surface area contributed by atoms with Crippen molar-refractivity contribution in [3.63, 3.8) is 0 Å². The summed E-state index contributed by atoms with van der Waals surface area (Å²) >= 11 is 0. The molecule has 0 radical (unpaired) electrons. The standard InChI is InChI=1S/C12H16N4.ClH/c1-9(10-5-6-10)13-8-12-15-14-11-4-2-3-7-16(11)12;/h2-4,7,9-10,13H,5-6,8H2,1H3;1H. The quantitative estimate of drug-likeness (QED) is 0.906. The van der Waals surface area contributed by atoms with Crippen LogP contribution in [0.25, 0.3) is 5.65 Å². The highest BCUT2D eigenvalue weighted by Gasteiger charge is 2.27. The van der Waals surface area contributed by atoms with Crippen LogP contribution in [0.3, 0.4) is 0 Å². The lowest BCUT2D eigenvalue weighted by molar-refractivity contribution is 0.486. The zero-order valence-corrected chi connectivity index (χ0v) is 10.7. The normalized spacial score (nSPS) is 16.8. The van der Waals surface area contributed by atoms with Crippen molar-refractivity contribution in [2.45, 2.75) is 32.4 Å². The number of pyridine rings is 1. The first-order valence-corrected chi connectivity index (χ1v) is 5.86. The fourth-order valence-electron chi connectivity index (χ4n) is 2.03. The van der Waals surface area contributed by atoms with E-state index in [1.165, 1.54) is 12.8 Å². The number of nitrogens with zero attached hydrogens (tertiary/aromatic N) is 3. The zero-order valence-electron chi connectivity index (χ0n) is 9.84. The van der Waals surface area contributed by atoms with Crippen LogP contribution in [0.1, 0.15) is 25.6 Å². The second-order valence-corrected chi connectivity index (χ2v) is 4.55. The highest BCUT2D eigenvalue weighted by molar-refractivity contribution is 5.85. The van der Waals surface area contributed by atoms with Gasteiger partial charge in [0.15, 0.2) is 11.5 Å². The second kappa shape index (κ2) is 5.02. The molecule has 1 N–H and O–H groups in total. The van der Waals surface area contributed by atoms with Crippen molar-refractivity contribution in [1.82, 2.24) is 19.9 Å². The van der Waals surface area contributed by atoms with Gasteiger partial charge in [-0.25, -0.2) is 0 Å². The summed E-state index contributed by atoms with van der Waals surface area (Å²) in [5.74, 6) is 1.86. The molecule has 17 heavy (non-hydrogen) atoms. The number of halogens is 1. The Bertz CT molecular complexity index is 492. The Labute approximate surface area is 107 Å². The molecule has 0 bridgehead atoms. The van der Waals surface area contributed by atoms with E-state index in [9.17, 15) is 0 Å². The molecule has 4 nitrogen and oxygen atoms in total. The van der Waals surface area contributed by atoms with E-state index < -0.39 is 0 Å². The Morgan fingerprint density at radius 2 is 2.24 bits per heavy atom. The first kappa shape index (κ1) is 12.3. The molecule has 2 heterocycles. The van der Waals surface area contributed by atoms with Gasteiger partial charge in [0.25, 0.3) is 0 Å². The van der Waals surface area contributed by atoms with Crippen molar-refractivity contribution < 1.29 is 0 Å². The number of aromatic nitrogens is 3. The van der Waals surface area contributed by atoms with Crippen LogP contribution in [0, 0.1) is 5.92 Å². The van der Waals surface area contributed by atoms with Gasteiger partial charge in [-0.15, -0.1) is 22.6 Å². The molecule has 92 valence electrons. The van der Waals surface area contributed by atoms with Crippen LogP contribution in [-0.4, -0.2) is 20.6 Å². The molecular weight excluding hydrogens is 236 g/mol. The van der Waals surface area contributed by atoms with E-state index in [1.807, 2.05) is 28.8 Å². The van der Waals surface area contributed by atoms with Gasteiger partial charge in [0.05, 0.1) is 6.54 Å². The second-order valence-electron chi connectivity index (χ2n) is 4.55. The van der Waals surface area contributed by atoms with Gasteiger partial charge in [-0.2, -0.15) is 0 Å². The van der Waals surface area contributed by atoms with E-state index in [-0.39, 0.29) is 12.4 Å². The van der Waals surface area contributed by atoms with E-state index >= 15 is 0 Å². The molecule has 5 heteroatoms. The summed E-state index contributed by atoms with van der Waals surface area (Å²) in [7, 11) is 0. The van der Waals surface area contributed by atoms with Gasteiger partial charge < -0.3 is 5.32 Å². The van der Waals surface area contributed by atoms with Gasteiger partial charge in [0.2, 0.25) is 0 Å². The van der Waals surface area contributed by atoms with Gasteiger partial charge in [-0.1, -0.05) is 6.07 Å². The Hall–Kier alpha value is -1.13. The van der Waals surface area contributed by atoms with Gasteiger partial charge in [-0.05, 0) is 37.8 Å². The molecule has 0 spiro atoms. The van der Waals surface area contributed by atoms with Crippen molar-refractivity contribution in [1.29, 1.82) is 0 Å². The van der Waals surface area contributed by atoms with Crippen LogP contribution in [0.2, 0.25) is 0 Å².